The summed E-state index contributed by atoms with van der Waals surface area (Å²) < 4.78 is 5.44. The number of benzene rings is 1. The highest BCUT2D eigenvalue weighted by atomic mass is 16.3. The molecule has 5 heteroatoms. The summed E-state index contributed by atoms with van der Waals surface area (Å²) >= 11 is 0. The molecule has 2 unspecified atom stereocenters. The molecule has 118 valence electrons. The van der Waals surface area contributed by atoms with Gasteiger partial charge in [-0.1, -0.05) is 6.92 Å². The average Bonchev–Trinajstić information content (AvgIpc) is 2.87. The molecular weight excluding hydrogens is 278 g/mol. The highest BCUT2D eigenvalue weighted by Gasteiger charge is 2.22. The third-order valence-electron chi connectivity index (χ3n) is 4.43. The van der Waals surface area contributed by atoms with Crippen LogP contribution in [0.2, 0.25) is 0 Å². The van der Waals surface area contributed by atoms with Crippen LogP contribution in [-0.4, -0.2) is 24.0 Å². The minimum Gasteiger partial charge on any atom is -0.441 e. The van der Waals surface area contributed by atoms with Gasteiger partial charge in [-0.05, 0) is 56.0 Å². The molecule has 2 heterocycles. The molecule has 0 bridgehead atoms. The smallest absolute Gasteiger partial charge is 0.224 e. The van der Waals surface area contributed by atoms with E-state index in [1.54, 1.807) is 0 Å². The first-order chi connectivity index (χ1) is 10.6. The summed E-state index contributed by atoms with van der Waals surface area (Å²) in [6.07, 6.45) is 2.98. The molecule has 1 aromatic carbocycles. The van der Waals surface area contributed by atoms with Crippen molar-refractivity contribution in [1.29, 1.82) is 0 Å². The van der Waals surface area contributed by atoms with E-state index in [0.29, 0.717) is 24.1 Å². The summed E-state index contributed by atoms with van der Waals surface area (Å²) in [4.78, 5) is 16.5. The van der Waals surface area contributed by atoms with Crippen LogP contribution in [0.1, 0.15) is 32.1 Å². The van der Waals surface area contributed by atoms with E-state index >= 15 is 0 Å². The zero-order valence-electron chi connectivity index (χ0n) is 13.2. The van der Waals surface area contributed by atoms with Crippen molar-refractivity contribution in [3.8, 4) is 0 Å². The summed E-state index contributed by atoms with van der Waals surface area (Å²) in [7, 11) is 0. The summed E-state index contributed by atoms with van der Waals surface area (Å²) in [5.41, 5.74) is 2.30. The van der Waals surface area contributed by atoms with E-state index in [9.17, 15) is 4.79 Å². The molecule has 0 radical (unpaired) electrons. The quantitative estimate of drug-likeness (QED) is 0.910. The van der Waals surface area contributed by atoms with Gasteiger partial charge in [-0.15, -0.1) is 0 Å². The Morgan fingerprint density at radius 3 is 3.18 bits per heavy atom. The van der Waals surface area contributed by atoms with Crippen molar-refractivity contribution >= 4 is 22.7 Å². The number of rotatable bonds is 4. The number of nitrogens with zero attached hydrogens (tertiary/aromatic N) is 1. The molecular formula is C17H23N3O2. The number of hydrogen-bond acceptors (Lipinski definition) is 4. The van der Waals surface area contributed by atoms with Crippen LogP contribution in [0.25, 0.3) is 11.1 Å². The van der Waals surface area contributed by atoms with E-state index in [-0.39, 0.29) is 5.91 Å². The lowest BCUT2D eigenvalue weighted by atomic mass is 9.85. The number of nitrogens with one attached hydrogen (secondary N) is 2. The van der Waals surface area contributed by atoms with Crippen LogP contribution >= 0.6 is 0 Å². The predicted molar refractivity (Wildman–Crippen MR) is 86.8 cm³/mol. The van der Waals surface area contributed by atoms with Crippen molar-refractivity contribution < 1.29 is 9.21 Å². The van der Waals surface area contributed by atoms with Crippen molar-refractivity contribution in [3.63, 3.8) is 0 Å². The van der Waals surface area contributed by atoms with Gasteiger partial charge in [0, 0.05) is 19.0 Å². The number of anilines is 1. The molecule has 1 amide bonds. The Labute approximate surface area is 130 Å². The number of aryl methyl sites for hydroxylation is 1. The fourth-order valence-electron chi connectivity index (χ4n) is 3.16. The van der Waals surface area contributed by atoms with Crippen LogP contribution in [0, 0.1) is 18.8 Å². The first kappa shape index (κ1) is 15.0. The average molecular weight is 301 g/mol. The van der Waals surface area contributed by atoms with Crippen molar-refractivity contribution in [2.45, 2.75) is 33.1 Å². The summed E-state index contributed by atoms with van der Waals surface area (Å²) in [5, 5.41) is 6.38. The molecule has 1 aliphatic rings. The Bertz CT molecular complexity index is 659. The highest BCUT2D eigenvalue weighted by molar-refractivity contribution is 5.92. The van der Waals surface area contributed by atoms with Gasteiger partial charge in [0.25, 0.3) is 0 Å². The number of piperidine rings is 1. The number of amides is 1. The standard InChI is InChI=1S/C17H23N3O2/c1-11(13-4-3-7-18-10-13)8-17(21)20-14-5-6-16-15(9-14)19-12(2)22-16/h5-6,9,11,13,18H,3-4,7-8,10H2,1-2H3,(H,20,21). The Balaban J connectivity index is 1.59. The first-order valence-corrected chi connectivity index (χ1v) is 7.99. The molecule has 1 saturated heterocycles. The maximum atomic E-state index is 12.2. The molecule has 0 spiro atoms. The Morgan fingerprint density at radius 2 is 2.41 bits per heavy atom. The lowest BCUT2D eigenvalue weighted by Crippen LogP contribution is -2.34. The molecule has 1 fully saturated rings. The molecule has 2 N–H and O–H groups in total. The summed E-state index contributed by atoms with van der Waals surface area (Å²) in [6, 6.07) is 5.56. The molecule has 1 aliphatic heterocycles. The zero-order valence-corrected chi connectivity index (χ0v) is 13.2. The minimum atomic E-state index is 0.0673. The van der Waals surface area contributed by atoms with Crippen LogP contribution in [0.15, 0.2) is 22.6 Å². The monoisotopic (exact) mass is 301 g/mol. The summed E-state index contributed by atoms with van der Waals surface area (Å²) in [6.45, 7) is 6.12. The third kappa shape index (κ3) is 3.47. The van der Waals surface area contributed by atoms with Gasteiger partial charge in [0.1, 0.15) is 5.52 Å². The molecule has 3 rings (SSSR count). The Morgan fingerprint density at radius 1 is 1.55 bits per heavy atom. The predicted octanol–water partition coefficient (Wildman–Crippen LogP) is 3.10. The molecule has 2 aromatic rings. The SMILES string of the molecule is Cc1nc2cc(NC(=O)CC(C)C3CCCNC3)ccc2o1. The lowest BCUT2D eigenvalue weighted by Gasteiger charge is -2.28. The fourth-order valence-corrected chi connectivity index (χ4v) is 3.16. The number of oxazole rings is 1. The van der Waals surface area contributed by atoms with Gasteiger partial charge in [0.05, 0.1) is 0 Å². The number of carbonyl (C=O) groups excluding carboxylic acids is 1. The Hall–Kier alpha value is -1.88. The molecule has 5 nitrogen and oxygen atoms in total. The van der Waals surface area contributed by atoms with Gasteiger partial charge >= 0.3 is 0 Å². The van der Waals surface area contributed by atoms with Gasteiger partial charge in [0.15, 0.2) is 11.5 Å². The Kier molecular flexibility index (Phi) is 4.43. The lowest BCUT2D eigenvalue weighted by molar-refractivity contribution is -0.117. The number of fused-ring (bicyclic) bond motifs is 1. The second-order valence-corrected chi connectivity index (χ2v) is 6.25. The van der Waals surface area contributed by atoms with E-state index in [1.165, 1.54) is 12.8 Å². The van der Waals surface area contributed by atoms with Crippen LogP contribution < -0.4 is 10.6 Å². The number of carbonyl (C=O) groups is 1. The molecule has 0 saturated carbocycles. The number of hydrogen-bond donors (Lipinski definition) is 2. The van der Waals surface area contributed by atoms with Crippen molar-refractivity contribution in [2.24, 2.45) is 11.8 Å². The van der Waals surface area contributed by atoms with E-state index in [1.807, 2.05) is 25.1 Å². The van der Waals surface area contributed by atoms with Crippen LogP contribution in [-0.2, 0) is 4.79 Å². The van der Waals surface area contributed by atoms with Crippen LogP contribution in [0.5, 0.6) is 0 Å². The van der Waals surface area contributed by atoms with E-state index in [4.69, 9.17) is 4.42 Å². The van der Waals surface area contributed by atoms with Gasteiger partial charge in [-0.3, -0.25) is 4.79 Å². The first-order valence-electron chi connectivity index (χ1n) is 7.99. The maximum Gasteiger partial charge on any atom is 0.224 e. The molecule has 0 aliphatic carbocycles. The minimum absolute atomic E-state index is 0.0673. The van der Waals surface area contributed by atoms with Crippen molar-refractivity contribution in [3.05, 3.63) is 24.1 Å². The van der Waals surface area contributed by atoms with Gasteiger partial charge in [-0.25, -0.2) is 4.98 Å². The van der Waals surface area contributed by atoms with Gasteiger partial charge in [0.2, 0.25) is 5.91 Å². The largest absolute Gasteiger partial charge is 0.441 e. The topological polar surface area (TPSA) is 67.2 Å². The van der Waals surface area contributed by atoms with Crippen LogP contribution in [0.3, 0.4) is 0 Å². The van der Waals surface area contributed by atoms with Gasteiger partial charge in [-0.2, -0.15) is 0 Å². The molecule has 1 aromatic heterocycles. The second kappa shape index (κ2) is 6.48. The molecule has 22 heavy (non-hydrogen) atoms. The zero-order chi connectivity index (χ0) is 15.5. The normalized spacial score (nSPS) is 20.0. The van der Waals surface area contributed by atoms with Gasteiger partial charge < -0.3 is 15.1 Å². The second-order valence-electron chi connectivity index (χ2n) is 6.25. The maximum absolute atomic E-state index is 12.2. The van der Waals surface area contributed by atoms with E-state index in [0.717, 1.165) is 29.9 Å². The van der Waals surface area contributed by atoms with Crippen LogP contribution in [0.4, 0.5) is 5.69 Å². The summed E-state index contributed by atoms with van der Waals surface area (Å²) in [5.74, 6) is 1.69. The van der Waals surface area contributed by atoms with E-state index in [2.05, 4.69) is 22.5 Å². The third-order valence-corrected chi connectivity index (χ3v) is 4.43. The van der Waals surface area contributed by atoms with Crippen molar-refractivity contribution in [2.75, 3.05) is 18.4 Å². The van der Waals surface area contributed by atoms with Crippen molar-refractivity contribution in [1.82, 2.24) is 10.3 Å². The molecule has 2 atom stereocenters. The fraction of sp³-hybridized carbons (Fsp3) is 0.529. The number of aromatic nitrogens is 1. The van der Waals surface area contributed by atoms with E-state index < -0.39 is 0 Å². The highest BCUT2D eigenvalue weighted by Crippen LogP contribution is 2.24.